The maximum atomic E-state index is 12.2. The summed E-state index contributed by atoms with van der Waals surface area (Å²) in [5.74, 6) is -0.225. The topological polar surface area (TPSA) is 60.4 Å². The summed E-state index contributed by atoms with van der Waals surface area (Å²) in [7, 11) is 0. The second kappa shape index (κ2) is 28.0. The summed E-state index contributed by atoms with van der Waals surface area (Å²) in [4.78, 5) is 27.1. The second-order valence-corrected chi connectivity index (χ2v) is 15.5. The standard InChI is InChI=1S/C40H70N2O4S2/c1-5-7-9-11-13-15-19-23-29-41-33-47-37(35(41)3)27-31-45-39(43)25-21-17-18-22-26-40(44)46-32-28-38-36(4)42(34-48-38)30-24-20-16-14-12-10-8-6-2/h33-34H,5-32H2,1-4H3/q+2. The van der Waals surface area contributed by atoms with Crippen LogP contribution in [0, 0.1) is 13.8 Å². The summed E-state index contributed by atoms with van der Waals surface area (Å²) < 4.78 is 15.8. The van der Waals surface area contributed by atoms with Gasteiger partial charge in [0.25, 0.3) is 0 Å². The molecule has 6 nitrogen and oxygen atoms in total. The summed E-state index contributed by atoms with van der Waals surface area (Å²) in [6, 6.07) is 0. The molecule has 2 aromatic rings. The van der Waals surface area contributed by atoms with E-state index in [1.54, 1.807) is 22.7 Å². The van der Waals surface area contributed by atoms with E-state index in [0.717, 1.165) is 51.6 Å². The Balaban J connectivity index is 1.44. The van der Waals surface area contributed by atoms with Gasteiger partial charge in [-0.3, -0.25) is 9.59 Å². The highest BCUT2D eigenvalue weighted by Crippen LogP contribution is 2.16. The molecule has 0 saturated heterocycles. The van der Waals surface area contributed by atoms with Crippen LogP contribution < -0.4 is 9.13 Å². The van der Waals surface area contributed by atoms with Crippen LogP contribution in [0.3, 0.4) is 0 Å². The molecule has 0 aliphatic heterocycles. The molecular weight excluding hydrogens is 637 g/mol. The molecule has 0 fully saturated rings. The monoisotopic (exact) mass is 706 g/mol. The van der Waals surface area contributed by atoms with Crippen LogP contribution in [0.5, 0.6) is 0 Å². The van der Waals surface area contributed by atoms with Gasteiger partial charge < -0.3 is 9.47 Å². The van der Waals surface area contributed by atoms with Crippen LogP contribution in [0.25, 0.3) is 0 Å². The molecule has 0 N–H and O–H groups in total. The third-order valence-corrected chi connectivity index (χ3v) is 11.8. The lowest BCUT2D eigenvalue weighted by Gasteiger charge is -2.05. The summed E-state index contributed by atoms with van der Waals surface area (Å²) in [5.41, 5.74) is 7.08. The van der Waals surface area contributed by atoms with Gasteiger partial charge in [0.15, 0.2) is 11.4 Å². The maximum absolute atomic E-state index is 12.2. The molecule has 48 heavy (non-hydrogen) atoms. The van der Waals surface area contributed by atoms with Gasteiger partial charge in [-0.1, -0.05) is 126 Å². The van der Waals surface area contributed by atoms with Gasteiger partial charge in [0, 0.05) is 52.4 Å². The van der Waals surface area contributed by atoms with Crippen molar-refractivity contribution in [2.75, 3.05) is 13.2 Å². The van der Waals surface area contributed by atoms with Crippen molar-refractivity contribution in [3.8, 4) is 0 Å². The van der Waals surface area contributed by atoms with Crippen molar-refractivity contribution in [3.63, 3.8) is 0 Å². The van der Waals surface area contributed by atoms with Crippen molar-refractivity contribution in [1.29, 1.82) is 0 Å². The minimum Gasteiger partial charge on any atom is -0.465 e. The summed E-state index contributed by atoms with van der Waals surface area (Å²) in [6.07, 6.45) is 27.4. The van der Waals surface area contributed by atoms with Crippen LogP contribution in [0.4, 0.5) is 0 Å². The molecular formula is C40H70N2O4S2+2. The Morgan fingerprint density at radius 1 is 0.521 bits per heavy atom. The number of thiazole rings is 2. The van der Waals surface area contributed by atoms with E-state index in [0.29, 0.717) is 26.1 Å². The van der Waals surface area contributed by atoms with Crippen LogP contribution in [-0.4, -0.2) is 25.2 Å². The molecule has 0 bridgehead atoms. The predicted octanol–water partition coefficient (Wildman–Crippen LogP) is 10.5. The first kappa shape index (κ1) is 42.4. The fourth-order valence-corrected chi connectivity index (χ4v) is 8.22. The number of aromatic nitrogens is 2. The lowest BCUT2D eigenvalue weighted by molar-refractivity contribution is -0.698. The number of aryl methyl sites for hydroxylation is 2. The van der Waals surface area contributed by atoms with Gasteiger partial charge in [-0.25, -0.2) is 0 Å². The summed E-state index contributed by atoms with van der Waals surface area (Å²) in [6.45, 7) is 12.0. The third-order valence-electron chi connectivity index (χ3n) is 9.51. The van der Waals surface area contributed by atoms with Gasteiger partial charge >= 0.3 is 11.9 Å². The Bertz CT molecular complexity index is 1030. The molecule has 0 amide bonds. The number of hydrogen-bond acceptors (Lipinski definition) is 6. The highest BCUT2D eigenvalue weighted by Gasteiger charge is 2.17. The zero-order valence-electron chi connectivity index (χ0n) is 31.3. The summed E-state index contributed by atoms with van der Waals surface area (Å²) in [5, 5.41) is 0. The van der Waals surface area contributed by atoms with E-state index in [4.69, 9.17) is 9.47 Å². The van der Waals surface area contributed by atoms with Crippen LogP contribution >= 0.6 is 22.7 Å². The molecule has 8 heteroatoms. The number of nitrogens with zero attached hydrogens (tertiary/aromatic N) is 2. The van der Waals surface area contributed by atoms with E-state index in [1.807, 2.05) is 0 Å². The predicted molar refractivity (Wildman–Crippen MR) is 201 cm³/mol. The molecule has 274 valence electrons. The van der Waals surface area contributed by atoms with Crippen LogP contribution in [-0.2, 0) is 45.0 Å². The van der Waals surface area contributed by atoms with Crippen molar-refractivity contribution in [2.45, 2.75) is 195 Å². The van der Waals surface area contributed by atoms with E-state index in [9.17, 15) is 9.59 Å². The first-order valence-corrected chi connectivity index (χ1v) is 21.5. The third kappa shape index (κ3) is 19.4. The van der Waals surface area contributed by atoms with E-state index >= 15 is 0 Å². The molecule has 2 rings (SSSR count). The molecule has 0 saturated carbocycles. The van der Waals surface area contributed by atoms with E-state index in [-0.39, 0.29) is 11.9 Å². The number of hydrogen-bond donors (Lipinski definition) is 0. The molecule has 0 spiro atoms. The Labute approximate surface area is 302 Å². The average molecular weight is 707 g/mol. The van der Waals surface area contributed by atoms with Gasteiger partial charge in [-0.2, -0.15) is 9.13 Å². The fourth-order valence-electron chi connectivity index (χ4n) is 6.21. The zero-order chi connectivity index (χ0) is 34.7. The van der Waals surface area contributed by atoms with Crippen molar-refractivity contribution in [1.82, 2.24) is 0 Å². The number of carbonyl (C=O) groups excluding carboxylic acids is 2. The smallest absolute Gasteiger partial charge is 0.305 e. The maximum Gasteiger partial charge on any atom is 0.305 e. The Morgan fingerprint density at radius 3 is 1.23 bits per heavy atom. The molecule has 0 radical (unpaired) electrons. The van der Waals surface area contributed by atoms with Gasteiger partial charge in [-0.05, 0) is 25.7 Å². The van der Waals surface area contributed by atoms with Gasteiger partial charge in [0.1, 0.15) is 13.1 Å². The Kier molecular flexibility index (Phi) is 24.7. The average Bonchev–Trinajstić information content (AvgIpc) is 3.61. The number of unbranched alkanes of at least 4 members (excludes halogenated alkanes) is 17. The second-order valence-electron chi connectivity index (χ2n) is 13.7. The van der Waals surface area contributed by atoms with Crippen LogP contribution in [0.1, 0.15) is 176 Å². The zero-order valence-corrected chi connectivity index (χ0v) is 32.9. The van der Waals surface area contributed by atoms with E-state index < -0.39 is 0 Å². The van der Waals surface area contributed by atoms with Gasteiger partial charge in [0.2, 0.25) is 11.0 Å². The van der Waals surface area contributed by atoms with Crippen LogP contribution in [0.2, 0.25) is 0 Å². The Morgan fingerprint density at radius 2 is 0.854 bits per heavy atom. The number of carbonyl (C=O) groups is 2. The minimum absolute atomic E-state index is 0.113. The molecule has 2 aromatic heterocycles. The highest BCUT2D eigenvalue weighted by atomic mass is 32.1. The molecule has 0 aliphatic rings. The van der Waals surface area contributed by atoms with E-state index in [1.165, 1.54) is 124 Å². The first-order chi connectivity index (χ1) is 23.5. The minimum atomic E-state index is -0.113. The fraction of sp³-hybridized carbons (Fsp3) is 0.800. The normalized spacial score (nSPS) is 11.3. The SMILES string of the molecule is CCCCCCCCCC[n+]1csc(CCOC(=O)CCCCCCC(=O)OCCc2sc[n+](CCCCCCCCCC)c2C)c1C. The molecule has 2 heterocycles. The number of rotatable bonds is 31. The lowest BCUT2D eigenvalue weighted by Crippen LogP contribution is -2.34. The first-order valence-electron chi connectivity index (χ1n) is 19.7. The van der Waals surface area contributed by atoms with Crippen molar-refractivity contribution >= 4 is 34.6 Å². The van der Waals surface area contributed by atoms with Crippen molar-refractivity contribution in [2.24, 2.45) is 0 Å². The Hall–Kier alpha value is -1.80. The van der Waals surface area contributed by atoms with E-state index in [2.05, 4.69) is 47.9 Å². The van der Waals surface area contributed by atoms with Gasteiger partial charge in [-0.15, -0.1) is 0 Å². The van der Waals surface area contributed by atoms with Crippen molar-refractivity contribution < 1.29 is 28.2 Å². The van der Waals surface area contributed by atoms with Crippen LogP contribution in [0.15, 0.2) is 11.0 Å². The number of ether oxygens (including phenoxy) is 2. The highest BCUT2D eigenvalue weighted by molar-refractivity contribution is 7.09. The molecule has 0 atom stereocenters. The quantitative estimate of drug-likeness (QED) is 0.0445. The number of esters is 2. The van der Waals surface area contributed by atoms with Crippen molar-refractivity contribution in [3.05, 3.63) is 32.2 Å². The largest absolute Gasteiger partial charge is 0.465 e. The van der Waals surface area contributed by atoms with Gasteiger partial charge in [0.05, 0.1) is 23.0 Å². The molecule has 0 unspecified atom stereocenters. The summed E-state index contributed by atoms with van der Waals surface area (Å²) >= 11 is 3.56. The molecule has 0 aliphatic carbocycles. The molecule has 0 aromatic carbocycles. The lowest BCUT2D eigenvalue weighted by atomic mass is 10.1.